The SMILES string of the molecule is C[C@@H]1CC[C@H](C)N1c1nc(-c2ccc(OCC(C)(C)C)nc2)ccc1C(=O)NS(=O)(=O)c1cccc(N)n1.[HH]. The first-order chi connectivity index (χ1) is 17.8. The van der Waals surface area contributed by atoms with E-state index in [1.165, 1.54) is 18.2 Å². The highest BCUT2D eigenvalue weighted by Crippen LogP contribution is 2.33. The van der Waals surface area contributed by atoms with E-state index in [2.05, 4.69) is 54.2 Å². The zero-order valence-corrected chi connectivity index (χ0v) is 23.1. The summed E-state index contributed by atoms with van der Waals surface area (Å²) in [4.78, 5) is 28.5. The van der Waals surface area contributed by atoms with Crippen molar-refractivity contribution >= 4 is 27.6 Å². The largest absolute Gasteiger partial charge is 0.477 e. The number of nitrogens with zero attached hydrogens (tertiary/aromatic N) is 4. The van der Waals surface area contributed by atoms with Crippen LogP contribution in [0.15, 0.2) is 53.7 Å². The van der Waals surface area contributed by atoms with E-state index in [0.29, 0.717) is 24.0 Å². The Morgan fingerprint density at radius 1 is 1.11 bits per heavy atom. The Morgan fingerprint density at radius 3 is 2.42 bits per heavy atom. The third-order valence-corrected chi connectivity index (χ3v) is 7.48. The normalized spacial score (nSPS) is 17.9. The number of nitrogens with two attached hydrogens (primary N) is 1. The summed E-state index contributed by atoms with van der Waals surface area (Å²) in [5, 5.41) is -0.334. The van der Waals surface area contributed by atoms with Crippen molar-refractivity contribution in [2.75, 3.05) is 17.2 Å². The van der Waals surface area contributed by atoms with E-state index >= 15 is 0 Å². The van der Waals surface area contributed by atoms with Crippen molar-refractivity contribution in [1.82, 2.24) is 19.7 Å². The van der Waals surface area contributed by atoms with Gasteiger partial charge in [-0.15, -0.1) is 0 Å². The molecule has 3 N–H and O–H groups in total. The summed E-state index contributed by atoms with van der Waals surface area (Å²) >= 11 is 0. The second kappa shape index (κ2) is 10.6. The minimum atomic E-state index is -4.24. The fraction of sp³-hybridized carbons (Fsp3) is 0.407. The Balaban J connectivity index is 0.00000420. The van der Waals surface area contributed by atoms with Gasteiger partial charge >= 0.3 is 0 Å². The number of hydrogen-bond donors (Lipinski definition) is 2. The van der Waals surface area contributed by atoms with Crippen LogP contribution in [0.2, 0.25) is 0 Å². The minimum absolute atomic E-state index is 0. The predicted octanol–water partition coefficient (Wildman–Crippen LogP) is 4.29. The van der Waals surface area contributed by atoms with Crippen LogP contribution in [-0.2, 0) is 10.0 Å². The lowest BCUT2D eigenvalue weighted by Gasteiger charge is -2.29. The lowest BCUT2D eigenvalue weighted by atomic mass is 9.99. The van der Waals surface area contributed by atoms with Gasteiger partial charge in [0.1, 0.15) is 11.6 Å². The molecule has 2 atom stereocenters. The molecule has 1 aliphatic rings. The molecule has 3 aromatic rings. The van der Waals surface area contributed by atoms with Crippen LogP contribution in [0.4, 0.5) is 11.6 Å². The van der Waals surface area contributed by atoms with Crippen molar-refractivity contribution in [1.29, 1.82) is 0 Å². The lowest BCUT2D eigenvalue weighted by Crippen LogP contribution is -2.37. The number of nitrogen functional groups attached to an aromatic ring is 1. The van der Waals surface area contributed by atoms with Crippen LogP contribution in [0.1, 0.15) is 59.2 Å². The second-order valence-electron chi connectivity index (χ2n) is 10.8. The van der Waals surface area contributed by atoms with Gasteiger partial charge in [0, 0.05) is 31.3 Å². The van der Waals surface area contributed by atoms with Gasteiger partial charge in [-0.1, -0.05) is 26.8 Å². The first kappa shape index (κ1) is 27.3. The van der Waals surface area contributed by atoms with Crippen LogP contribution in [0.3, 0.4) is 0 Å². The zero-order chi connectivity index (χ0) is 27.7. The molecule has 4 heterocycles. The number of ether oxygens (including phenoxy) is 1. The van der Waals surface area contributed by atoms with E-state index in [1.54, 1.807) is 24.4 Å². The summed E-state index contributed by atoms with van der Waals surface area (Å²) in [6, 6.07) is 11.4. The molecule has 0 radical (unpaired) electrons. The Morgan fingerprint density at radius 2 is 1.82 bits per heavy atom. The molecule has 1 aliphatic heterocycles. The molecule has 0 unspecified atom stereocenters. The fourth-order valence-corrected chi connectivity index (χ4v) is 5.26. The highest BCUT2D eigenvalue weighted by Gasteiger charge is 2.33. The smallest absolute Gasteiger partial charge is 0.281 e. The zero-order valence-electron chi connectivity index (χ0n) is 22.3. The highest BCUT2D eigenvalue weighted by molar-refractivity contribution is 7.90. The topological polar surface area (TPSA) is 140 Å². The van der Waals surface area contributed by atoms with Gasteiger partial charge in [0.15, 0.2) is 5.03 Å². The van der Waals surface area contributed by atoms with Gasteiger partial charge in [0.2, 0.25) is 5.88 Å². The Hall–Kier alpha value is -3.73. The first-order valence-electron chi connectivity index (χ1n) is 12.5. The Bertz CT molecular complexity index is 1420. The number of nitrogens with one attached hydrogen (secondary N) is 1. The number of rotatable bonds is 7. The van der Waals surface area contributed by atoms with Gasteiger partial charge < -0.3 is 15.4 Å². The molecular weight excluding hydrogens is 504 g/mol. The molecule has 4 rings (SSSR count). The Kier molecular flexibility index (Phi) is 7.59. The second-order valence-corrected chi connectivity index (χ2v) is 12.4. The van der Waals surface area contributed by atoms with Crippen molar-refractivity contribution in [3.8, 4) is 17.1 Å². The first-order valence-corrected chi connectivity index (χ1v) is 14.0. The van der Waals surface area contributed by atoms with E-state index in [9.17, 15) is 13.2 Å². The minimum Gasteiger partial charge on any atom is -0.477 e. The van der Waals surface area contributed by atoms with Gasteiger partial charge in [-0.05, 0) is 62.4 Å². The number of carbonyl (C=O) groups excluding carboxylic acids is 1. The standard InChI is InChI=1S/C27H34N6O4S.H2/c1-17-9-10-18(2)33(17)25-20(26(34)32-38(35,36)24-8-6-7-22(28)31-24)12-13-21(30-25)19-11-14-23(29-15-19)37-16-27(3,4)5;/h6-8,11-15,17-18H,9-10,16H2,1-5H3,(H2,28,31)(H,32,34);1H/t17-,18+;. The maximum absolute atomic E-state index is 13.3. The average molecular weight is 541 g/mol. The molecular formula is C27H36N6O4S. The molecule has 0 spiro atoms. The van der Waals surface area contributed by atoms with Crippen LogP contribution in [0, 0.1) is 5.41 Å². The quantitative estimate of drug-likeness (QED) is 0.449. The fourth-order valence-electron chi connectivity index (χ4n) is 4.31. The molecule has 11 heteroatoms. The third kappa shape index (κ3) is 6.21. The summed E-state index contributed by atoms with van der Waals surface area (Å²) in [6.07, 6.45) is 3.54. The maximum atomic E-state index is 13.3. The summed E-state index contributed by atoms with van der Waals surface area (Å²) in [7, 11) is -4.24. The van der Waals surface area contributed by atoms with Crippen molar-refractivity contribution in [2.24, 2.45) is 5.41 Å². The van der Waals surface area contributed by atoms with E-state index in [4.69, 9.17) is 15.5 Å². The van der Waals surface area contributed by atoms with E-state index in [1.807, 2.05) is 6.07 Å². The number of hydrogen-bond acceptors (Lipinski definition) is 9. The molecule has 38 heavy (non-hydrogen) atoms. The lowest BCUT2D eigenvalue weighted by molar-refractivity contribution is 0.0981. The number of anilines is 2. The van der Waals surface area contributed by atoms with Gasteiger partial charge in [-0.2, -0.15) is 8.42 Å². The molecule has 0 saturated carbocycles. The van der Waals surface area contributed by atoms with Gasteiger partial charge in [0.25, 0.3) is 15.9 Å². The van der Waals surface area contributed by atoms with Crippen LogP contribution in [0.5, 0.6) is 5.88 Å². The molecule has 10 nitrogen and oxygen atoms in total. The van der Waals surface area contributed by atoms with E-state index in [0.717, 1.165) is 18.4 Å². The molecule has 1 amide bonds. The molecule has 0 bridgehead atoms. The molecule has 1 saturated heterocycles. The van der Waals surface area contributed by atoms with Crippen LogP contribution < -0.4 is 20.1 Å². The third-order valence-electron chi connectivity index (χ3n) is 6.25. The molecule has 1 fully saturated rings. The summed E-state index contributed by atoms with van der Waals surface area (Å²) in [6.45, 7) is 10.9. The van der Waals surface area contributed by atoms with Gasteiger partial charge in [-0.3, -0.25) is 4.79 Å². The van der Waals surface area contributed by atoms with Gasteiger partial charge in [-0.25, -0.2) is 19.7 Å². The number of sulfonamides is 1. The molecule has 0 aromatic carbocycles. The number of aromatic nitrogens is 3. The summed E-state index contributed by atoms with van der Waals surface area (Å²) < 4.78 is 33.6. The number of carbonyl (C=O) groups is 1. The predicted molar refractivity (Wildman–Crippen MR) is 148 cm³/mol. The monoisotopic (exact) mass is 540 g/mol. The molecule has 204 valence electrons. The number of pyridine rings is 3. The summed E-state index contributed by atoms with van der Waals surface area (Å²) in [5.74, 6) is 0.178. The van der Waals surface area contributed by atoms with Crippen molar-refractivity contribution in [3.63, 3.8) is 0 Å². The average Bonchev–Trinajstić information content (AvgIpc) is 3.19. The van der Waals surface area contributed by atoms with Crippen LogP contribution in [0.25, 0.3) is 11.3 Å². The van der Waals surface area contributed by atoms with Crippen LogP contribution >= 0.6 is 0 Å². The highest BCUT2D eigenvalue weighted by atomic mass is 32.2. The van der Waals surface area contributed by atoms with Gasteiger partial charge in [0.05, 0.1) is 17.9 Å². The van der Waals surface area contributed by atoms with Crippen molar-refractivity contribution < 1.29 is 19.4 Å². The summed E-state index contributed by atoms with van der Waals surface area (Å²) in [5.41, 5.74) is 7.15. The van der Waals surface area contributed by atoms with Crippen molar-refractivity contribution in [2.45, 2.75) is 64.6 Å². The molecule has 3 aromatic heterocycles. The maximum Gasteiger partial charge on any atom is 0.281 e. The van der Waals surface area contributed by atoms with Crippen molar-refractivity contribution in [3.05, 3.63) is 54.2 Å². The molecule has 0 aliphatic carbocycles. The van der Waals surface area contributed by atoms with E-state index < -0.39 is 15.9 Å². The van der Waals surface area contributed by atoms with Crippen LogP contribution in [-0.4, -0.2) is 48.0 Å². The number of amides is 1. The van der Waals surface area contributed by atoms with E-state index in [-0.39, 0.29) is 35.3 Å². The Labute approximate surface area is 225 Å².